The third-order valence-electron chi connectivity index (χ3n) is 3.40. The molecule has 2 bridgehead atoms. The summed E-state index contributed by atoms with van der Waals surface area (Å²) in [6.07, 6.45) is 7.62. The van der Waals surface area contributed by atoms with Crippen LogP contribution in [-0.2, 0) is 9.53 Å². The molecule has 0 N–H and O–H groups in total. The van der Waals surface area contributed by atoms with Crippen LogP contribution in [-0.4, -0.2) is 12.1 Å². The number of ether oxygens (including phenoxy) is 1. The van der Waals surface area contributed by atoms with Crippen LogP contribution in [0.5, 0.6) is 0 Å². The highest BCUT2D eigenvalue weighted by atomic mass is 16.5. The smallest absolute Gasteiger partial charge is 0.330 e. The Kier molecular flexibility index (Phi) is 2.38. The number of rotatable bonds is 2. The molecule has 3 atom stereocenters. The molecule has 2 nitrogen and oxygen atoms in total. The normalized spacial score (nSPS) is 37.1. The quantitative estimate of drug-likeness (QED) is 0.481. The molecule has 3 unspecified atom stereocenters. The van der Waals surface area contributed by atoms with Gasteiger partial charge in [-0.05, 0) is 37.5 Å². The fourth-order valence-electron chi connectivity index (χ4n) is 2.70. The third-order valence-corrected chi connectivity index (χ3v) is 3.40. The summed E-state index contributed by atoms with van der Waals surface area (Å²) in [6, 6.07) is 0. The second kappa shape index (κ2) is 3.52. The minimum Gasteiger partial charge on any atom is -0.459 e. The van der Waals surface area contributed by atoms with Crippen molar-refractivity contribution in [1.82, 2.24) is 0 Å². The lowest BCUT2D eigenvalue weighted by Gasteiger charge is -2.27. The van der Waals surface area contributed by atoms with Gasteiger partial charge in [0.05, 0.1) is 0 Å². The van der Waals surface area contributed by atoms with Crippen LogP contribution in [0.2, 0.25) is 0 Å². The van der Waals surface area contributed by atoms with Crippen LogP contribution in [0.3, 0.4) is 0 Å². The first-order valence-electron chi connectivity index (χ1n) is 5.12. The summed E-state index contributed by atoms with van der Waals surface area (Å²) in [6.45, 7) is 3.41. The molecule has 2 saturated carbocycles. The molecule has 2 fully saturated rings. The lowest BCUT2D eigenvalue weighted by molar-refractivity contribution is -0.147. The van der Waals surface area contributed by atoms with Crippen LogP contribution in [0.25, 0.3) is 0 Å². The maximum Gasteiger partial charge on any atom is 0.330 e. The van der Waals surface area contributed by atoms with Gasteiger partial charge in [-0.2, -0.15) is 0 Å². The standard InChI is InChI=1S/C11H16O2/c1-2-11(12)13-10-6-4-8-3-5-9(10)7-8/h2,8-10H,1,3-7H2. The predicted molar refractivity (Wildman–Crippen MR) is 50.1 cm³/mol. The van der Waals surface area contributed by atoms with Crippen LogP contribution < -0.4 is 0 Å². The molecule has 2 aliphatic rings. The van der Waals surface area contributed by atoms with E-state index in [2.05, 4.69) is 6.58 Å². The van der Waals surface area contributed by atoms with Gasteiger partial charge in [-0.3, -0.25) is 0 Å². The van der Waals surface area contributed by atoms with E-state index in [1.54, 1.807) is 0 Å². The van der Waals surface area contributed by atoms with Crippen molar-refractivity contribution in [2.75, 3.05) is 0 Å². The zero-order valence-electron chi connectivity index (χ0n) is 7.87. The SMILES string of the molecule is C=CC(=O)OC1CCC2CCC1C2. The molecule has 2 rings (SSSR count). The lowest BCUT2D eigenvalue weighted by atomic mass is 9.87. The average molecular weight is 180 g/mol. The van der Waals surface area contributed by atoms with E-state index in [0.29, 0.717) is 5.92 Å². The molecular weight excluding hydrogens is 164 g/mol. The van der Waals surface area contributed by atoms with Crippen molar-refractivity contribution >= 4 is 5.97 Å². The van der Waals surface area contributed by atoms with Crippen LogP contribution in [0.4, 0.5) is 0 Å². The van der Waals surface area contributed by atoms with Crippen LogP contribution in [0.1, 0.15) is 32.1 Å². The van der Waals surface area contributed by atoms with Gasteiger partial charge in [0.25, 0.3) is 0 Å². The summed E-state index contributed by atoms with van der Waals surface area (Å²) >= 11 is 0. The van der Waals surface area contributed by atoms with Crippen molar-refractivity contribution in [3.05, 3.63) is 12.7 Å². The Morgan fingerprint density at radius 2 is 2.08 bits per heavy atom. The molecule has 0 heterocycles. The first kappa shape index (κ1) is 8.79. The molecule has 0 aromatic carbocycles. The molecule has 0 aromatic heterocycles. The van der Waals surface area contributed by atoms with Crippen molar-refractivity contribution in [2.45, 2.75) is 38.2 Å². The van der Waals surface area contributed by atoms with Gasteiger partial charge in [-0.1, -0.05) is 13.0 Å². The monoisotopic (exact) mass is 180 g/mol. The van der Waals surface area contributed by atoms with Gasteiger partial charge < -0.3 is 4.74 Å². The molecule has 0 aliphatic heterocycles. The molecule has 72 valence electrons. The molecule has 0 amide bonds. The van der Waals surface area contributed by atoms with Crippen LogP contribution >= 0.6 is 0 Å². The minimum atomic E-state index is -0.254. The number of carbonyl (C=O) groups excluding carboxylic acids is 1. The van der Waals surface area contributed by atoms with E-state index in [1.807, 2.05) is 0 Å². The van der Waals surface area contributed by atoms with E-state index in [-0.39, 0.29) is 12.1 Å². The van der Waals surface area contributed by atoms with Crippen molar-refractivity contribution in [3.8, 4) is 0 Å². The van der Waals surface area contributed by atoms with E-state index in [1.165, 1.54) is 31.8 Å². The van der Waals surface area contributed by atoms with Crippen molar-refractivity contribution in [3.63, 3.8) is 0 Å². The highest BCUT2D eigenvalue weighted by Crippen LogP contribution is 2.43. The Morgan fingerprint density at radius 3 is 2.85 bits per heavy atom. The Balaban J connectivity index is 1.92. The molecule has 2 heteroatoms. The van der Waals surface area contributed by atoms with Crippen LogP contribution in [0, 0.1) is 11.8 Å². The maximum absolute atomic E-state index is 11.0. The highest BCUT2D eigenvalue weighted by molar-refractivity contribution is 5.81. The summed E-state index contributed by atoms with van der Waals surface area (Å²) < 4.78 is 5.31. The maximum atomic E-state index is 11.0. The van der Waals surface area contributed by atoms with Crippen molar-refractivity contribution in [2.24, 2.45) is 11.8 Å². The Hall–Kier alpha value is -0.790. The molecule has 0 aromatic rings. The summed E-state index contributed by atoms with van der Waals surface area (Å²) in [5.74, 6) is 1.31. The second-order valence-electron chi connectivity index (χ2n) is 4.20. The first-order valence-corrected chi connectivity index (χ1v) is 5.12. The van der Waals surface area contributed by atoms with Gasteiger partial charge >= 0.3 is 5.97 Å². The van der Waals surface area contributed by atoms with E-state index < -0.39 is 0 Å². The van der Waals surface area contributed by atoms with Gasteiger partial charge in [0.2, 0.25) is 0 Å². The third kappa shape index (κ3) is 1.77. The first-order chi connectivity index (χ1) is 6.29. The number of fused-ring (bicyclic) bond motifs is 2. The second-order valence-corrected chi connectivity index (χ2v) is 4.20. The fraction of sp³-hybridized carbons (Fsp3) is 0.727. The topological polar surface area (TPSA) is 26.3 Å². The largest absolute Gasteiger partial charge is 0.459 e. The van der Waals surface area contributed by atoms with E-state index >= 15 is 0 Å². The molecule has 0 spiro atoms. The summed E-state index contributed by atoms with van der Waals surface area (Å²) in [5.41, 5.74) is 0. The molecule has 13 heavy (non-hydrogen) atoms. The zero-order chi connectivity index (χ0) is 9.26. The predicted octanol–water partition coefficient (Wildman–Crippen LogP) is 2.29. The summed E-state index contributed by atoms with van der Waals surface area (Å²) in [7, 11) is 0. The van der Waals surface area contributed by atoms with Crippen molar-refractivity contribution < 1.29 is 9.53 Å². The molecule has 0 saturated heterocycles. The van der Waals surface area contributed by atoms with Gasteiger partial charge in [0.15, 0.2) is 0 Å². The molecule has 2 aliphatic carbocycles. The Bertz CT molecular complexity index is 222. The van der Waals surface area contributed by atoms with E-state index in [4.69, 9.17) is 4.74 Å². The zero-order valence-corrected chi connectivity index (χ0v) is 7.87. The van der Waals surface area contributed by atoms with Gasteiger partial charge in [0.1, 0.15) is 6.10 Å². The Labute approximate surface area is 79.0 Å². The number of hydrogen-bond donors (Lipinski definition) is 0. The number of hydrogen-bond acceptors (Lipinski definition) is 2. The minimum absolute atomic E-state index is 0.184. The van der Waals surface area contributed by atoms with Crippen molar-refractivity contribution in [1.29, 1.82) is 0 Å². The van der Waals surface area contributed by atoms with Gasteiger partial charge in [0, 0.05) is 6.08 Å². The fourth-order valence-corrected chi connectivity index (χ4v) is 2.70. The number of esters is 1. The van der Waals surface area contributed by atoms with Crippen LogP contribution in [0.15, 0.2) is 12.7 Å². The number of carbonyl (C=O) groups is 1. The average Bonchev–Trinajstić information content (AvgIpc) is 2.54. The van der Waals surface area contributed by atoms with E-state index in [9.17, 15) is 4.79 Å². The highest BCUT2D eigenvalue weighted by Gasteiger charge is 2.37. The summed E-state index contributed by atoms with van der Waals surface area (Å²) in [5, 5.41) is 0. The molecule has 0 radical (unpaired) electrons. The molecular formula is C11H16O2. The van der Waals surface area contributed by atoms with Gasteiger partial charge in [-0.25, -0.2) is 4.79 Å². The van der Waals surface area contributed by atoms with Gasteiger partial charge in [-0.15, -0.1) is 0 Å². The lowest BCUT2D eigenvalue weighted by Crippen LogP contribution is -2.28. The summed E-state index contributed by atoms with van der Waals surface area (Å²) in [4.78, 5) is 11.0. The Morgan fingerprint density at radius 1 is 1.31 bits per heavy atom. The van der Waals surface area contributed by atoms with E-state index in [0.717, 1.165) is 12.3 Å².